The summed E-state index contributed by atoms with van der Waals surface area (Å²) in [5, 5.41) is 7.69. The van der Waals surface area contributed by atoms with Crippen molar-refractivity contribution >= 4 is 17.6 Å². The van der Waals surface area contributed by atoms with E-state index in [0.29, 0.717) is 22.8 Å². The quantitative estimate of drug-likeness (QED) is 0.370. The number of ether oxygens (including phenoxy) is 2. The van der Waals surface area contributed by atoms with Crippen LogP contribution in [0.2, 0.25) is 0 Å². The van der Waals surface area contributed by atoms with Gasteiger partial charge < -0.3 is 14.8 Å². The molecule has 1 heterocycles. The first-order valence-corrected chi connectivity index (χ1v) is 11.2. The van der Waals surface area contributed by atoms with Crippen LogP contribution in [0, 0.1) is 13.8 Å². The normalized spacial score (nSPS) is 10.7. The number of aryl methyl sites for hydroxylation is 2. The number of hydrogen-bond donors (Lipinski definition) is 1. The highest BCUT2D eigenvalue weighted by molar-refractivity contribution is 5.93. The van der Waals surface area contributed by atoms with E-state index in [1.807, 2.05) is 74.5 Å². The molecule has 0 aliphatic carbocycles. The van der Waals surface area contributed by atoms with Crippen molar-refractivity contribution in [3.05, 3.63) is 83.9 Å². The van der Waals surface area contributed by atoms with E-state index in [9.17, 15) is 9.59 Å². The van der Waals surface area contributed by atoms with Gasteiger partial charge in [0.05, 0.1) is 11.3 Å². The lowest BCUT2D eigenvalue weighted by atomic mass is 10.00. The Kier molecular flexibility index (Phi) is 7.08. The number of aromatic nitrogens is 2. The second kappa shape index (κ2) is 10.4. The SMILES string of the molecule is COCC(=O)Nc1ccc(-c2c(-c3ccc(C)cc3)nn(-c3cccc(C)c3)c2OC(C)=O)cc1. The van der Waals surface area contributed by atoms with Gasteiger partial charge in [-0.25, -0.2) is 0 Å². The van der Waals surface area contributed by atoms with Gasteiger partial charge in [-0.2, -0.15) is 9.78 Å². The molecule has 1 amide bonds. The fourth-order valence-corrected chi connectivity index (χ4v) is 3.79. The molecule has 4 rings (SSSR count). The highest BCUT2D eigenvalue weighted by atomic mass is 16.5. The summed E-state index contributed by atoms with van der Waals surface area (Å²) in [5.74, 6) is -0.359. The number of methoxy groups -OCH3 is 1. The zero-order chi connectivity index (χ0) is 24.9. The van der Waals surface area contributed by atoms with Crippen molar-refractivity contribution in [1.29, 1.82) is 0 Å². The van der Waals surface area contributed by atoms with E-state index in [1.54, 1.807) is 16.8 Å². The molecule has 0 saturated heterocycles. The van der Waals surface area contributed by atoms with Gasteiger partial charge in [0.25, 0.3) is 0 Å². The summed E-state index contributed by atoms with van der Waals surface area (Å²) in [6.45, 7) is 5.37. The number of benzene rings is 3. The van der Waals surface area contributed by atoms with Crippen molar-refractivity contribution in [3.8, 4) is 34.0 Å². The third kappa shape index (κ3) is 5.47. The lowest BCUT2D eigenvalue weighted by Gasteiger charge is -2.11. The molecule has 1 aromatic heterocycles. The van der Waals surface area contributed by atoms with Gasteiger partial charge in [-0.05, 0) is 49.2 Å². The minimum Gasteiger partial charge on any atom is -0.407 e. The molecular weight excluding hydrogens is 442 g/mol. The number of rotatable bonds is 7. The molecule has 3 aromatic carbocycles. The smallest absolute Gasteiger partial charge is 0.309 e. The largest absolute Gasteiger partial charge is 0.407 e. The fourth-order valence-electron chi connectivity index (χ4n) is 3.79. The second-order valence-corrected chi connectivity index (χ2v) is 8.30. The van der Waals surface area contributed by atoms with E-state index >= 15 is 0 Å². The van der Waals surface area contributed by atoms with Crippen molar-refractivity contribution in [3.63, 3.8) is 0 Å². The number of carbonyl (C=O) groups is 2. The highest BCUT2D eigenvalue weighted by Crippen LogP contribution is 2.41. The summed E-state index contributed by atoms with van der Waals surface area (Å²) in [5.41, 5.74) is 6.64. The lowest BCUT2D eigenvalue weighted by Crippen LogP contribution is -2.16. The molecule has 0 bridgehead atoms. The first-order chi connectivity index (χ1) is 16.9. The Morgan fingerprint density at radius 2 is 1.60 bits per heavy atom. The number of amides is 1. The van der Waals surface area contributed by atoms with Crippen molar-refractivity contribution < 1.29 is 19.1 Å². The van der Waals surface area contributed by atoms with E-state index in [1.165, 1.54) is 14.0 Å². The molecule has 4 aromatic rings. The van der Waals surface area contributed by atoms with Gasteiger partial charge in [-0.15, -0.1) is 0 Å². The second-order valence-electron chi connectivity index (χ2n) is 8.30. The van der Waals surface area contributed by atoms with E-state index in [0.717, 1.165) is 27.9 Å². The summed E-state index contributed by atoms with van der Waals surface area (Å²) >= 11 is 0. The minimum absolute atomic E-state index is 0.0286. The average molecular weight is 470 g/mol. The van der Waals surface area contributed by atoms with E-state index in [-0.39, 0.29) is 12.5 Å². The summed E-state index contributed by atoms with van der Waals surface area (Å²) < 4.78 is 12.3. The molecule has 1 N–H and O–H groups in total. The van der Waals surface area contributed by atoms with Crippen LogP contribution in [0.4, 0.5) is 5.69 Å². The maximum atomic E-state index is 12.2. The van der Waals surface area contributed by atoms with Crippen LogP contribution < -0.4 is 10.1 Å². The molecule has 0 radical (unpaired) electrons. The molecule has 35 heavy (non-hydrogen) atoms. The van der Waals surface area contributed by atoms with Crippen LogP contribution in [0.5, 0.6) is 5.88 Å². The Hall–Kier alpha value is -4.23. The molecule has 0 aliphatic heterocycles. The zero-order valence-electron chi connectivity index (χ0n) is 20.2. The monoisotopic (exact) mass is 469 g/mol. The average Bonchev–Trinajstić information content (AvgIpc) is 3.18. The molecule has 0 atom stereocenters. The van der Waals surface area contributed by atoms with Crippen LogP contribution in [0.15, 0.2) is 72.8 Å². The standard InChI is InChI=1S/C28H27N3O4/c1-18-8-10-22(11-9-18)27-26(21-12-14-23(15-13-21)29-25(33)17-34-4)28(35-20(3)32)31(30-27)24-7-5-6-19(2)16-24/h5-16H,17H2,1-4H3,(H,29,33). The van der Waals surface area contributed by atoms with Gasteiger partial charge in [-0.3, -0.25) is 9.59 Å². The van der Waals surface area contributed by atoms with Crippen LogP contribution in [-0.2, 0) is 14.3 Å². The summed E-state index contributed by atoms with van der Waals surface area (Å²) in [7, 11) is 1.47. The minimum atomic E-state index is -0.445. The number of nitrogens with zero attached hydrogens (tertiary/aromatic N) is 2. The third-order valence-corrected chi connectivity index (χ3v) is 5.39. The zero-order valence-corrected chi connectivity index (χ0v) is 20.2. The lowest BCUT2D eigenvalue weighted by molar-refractivity contribution is -0.132. The molecule has 0 fully saturated rings. The van der Waals surface area contributed by atoms with Gasteiger partial charge >= 0.3 is 5.97 Å². The predicted octanol–water partition coefficient (Wildman–Crippen LogP) is 5.33. The maximum absolute atomic E-state index is 12.2. The summed E-state index contributed by atoms with van der Waals surface area (Å²) in [6.07, 6.45) is 0. The van der Waals surface area contributed by atoms with Crippen molar-refractivity contribution in [2.24, 2.45) is 0 Å². The third-order valence-electron chi connectivity index (χ3n) is 5.39. The first-order valence-electron chi connectivity index (χ1n) is 11.2. The van der Waals surface area contributed by atoms with E-state index in [2.05, 4.69) is 5.32 Å². The number of anilines is 1. The van der Waals surface area contributed by atoms with Crippen molar-refractivity contribution in [2.45, 2.75) is 20.8 Å². The Labute approximate surface area is 204 Å². The fraction of sp³-hybridized carbons (Fsp3) is 0.179. The number of carbonyl (C=O) groups excluding carboxylic acids is 2. The molecule has 0 aliphatic rings. The Morgan fingerprint density at radius 3 is 2.23 bits per heavy atom. The van der Waals surface area contributed by atoms with Gasteiger partial charge in [0.2, 0.25) is 11.8 Å². The Balaban J connectivity index is 1.90. The highest BCUT2D eigenvalue weighted by Gasteiger charge is 2.24. The maximum Gasteiger partial charge on any atom is 0.309 e. The van der Waals surface area contributed by atoms with Crippen molar-refractivity contribution in [1.82, 2.24) is 9.78 Å². The van der Waals surface area contributed by atoms with Crippen molar-refractivity contribution in [2.75, 3.05) is 19.0 Å². The molecule has 0 spiro atoms. The molecule has 7 heteroatoms. The topological polar surface area (TPSA) is 82.4 Å². The van der Waals surface area contributed by atoms with Crippen LogP contribution >= 0.6 is 0 Å². The van der Waals surface area contributed by atoms with E-state index in [4.69, 9.17) is 14.6 Å². The number of hydrogen-bond acceptors (Lipinski definition) is 5. The van der Waals surface area contributed by atoms with Gasteiger partial charge in [0, 0.05) is 25.3 Å². The van der Waals surface area contributed by atoms with E-state index < -0.39 is 5.97 Å². The van der Waals surface area contributed by atoms with Crippen LogP contribution in [0.3, 0.4) is 0 Å². The molecule has 7 nitrogen and oxygen atoms in total. The number of esters is 1. The first kappa shape index (κ1) is 23.9. The van der Waals surface area contributed by atoms with Gasteiger partial charge in [0.15, 0.2) is 0 Å². The summed E-state index contributed by atoms with van der Waals surface area (Å²) in [6, 6.07) is 23.2. The Bertz CT molecular complexity index is 1360. The van der Waals surface area contributed by atoms with Crippen LogP contribution in [0.1, 0.15) is 18.1 Å². The van der Waals surface area contributed by atoms with Crippen LogP contribution in [-0.4, -0.2) is 35.4 Å². The predicted molar refractivity (Wildman–Crippen MR) is 136 cm³/mol. The Morgan fingerprint density at radius 1 is 0.914 bits per heavy atom. The molecule has 0 unspecified atom stereocenters. The van der Waals surface area contributed by atoms with Gasteiger partial charge in [-0.1, -0.05) is 54.1 Å². The van der Waals surface area contributed by atoms with Gasteiger partial charge in [0.1, 0.15) is 12.3 Å². The molecular formula is C28H27N3O4. The summed E-state index contributed by atoms with van der Waals surface area (Å²) in [4.78, 5) is 24.0. The molecule has 0 saturated carbocycles. The number of nitrogens with one attached hydrogen (secondary N) is 1. The molecule has 178 valence electrons. The van der Waals surface area contributed by atoms with Crippen LogP contribution in [0.25, 0.3) is 28.1 Å².